The average Bonchev–Trinajstić information content (AvgIpc) is 2.72. The Morgan fingerprint density at radius 1 is 1.13 bits per heavy atom. The lowest BCUT2D eigenvalue weighted by Crippen LogP contribution is -2.49. The molecular weight excluding hydrogens is 428 g/mol. The summed E-state index contributed by atoms with van der Waals surface area (Å²) in [5.41, 5.74) is 0.885. The zero-order chi connectivity index (χ0) is 21.7. The Balaban J connectivity index is 1.61. The van der Waals surface area contributed by atoms with Crippen LogP contribution in [0.2, 0.25) is 5.02 Å². The van der Waals surface area contributed by atoms with E-state index in [1.54, 1.807) is 38.1 Å². The van der Waals surface area contributed by atoms with Crippen molar-refractivity contribution in [2.75, 3.05) is 19.8 Å². The van der Waals surface area contributed by atoms with Crippen LogP contribution in [0.5, 0.6) is 11.5 Å². The maximum atomic E-state index is 12.7. The number of benzene rings is 2. The van der Waals surface area contributed by atoms with E-state index in [-0.39, 0.29) is 16.7 Å². The Hall–Kier alpha value is -2.29. The third-order valence-corrected chi connectivity index (χ3v) is 6.39. The van der Waals surface area contributed by atoms with E-state index in [1.165, 1.54) is 12.1 Å². The van der Waals surface area contributed by atoms with Crippen LogP contribution in [0.15, 0.2) is 47.4 Å². The third-order valence-electron chi connectivity index (χ3n) is 4.65. The summed E-state index contributed by atoms with van der Waals surface area (Å²) in [6.07, 6.45) is 0.512. The Morgan fingerprint density at radius 3 is 2.53 bits per heavy atom. The van der Waals surface area contributed by atoms with Gasteiger partial charge in [0.05, 0.1) is 9.92 Å². The number of hydrogen-bond donors (Lipinski definition) is 2. The van der Waals surface area contributed by atoms with Crippen LogP contribution in [0.3, 0.4) is 0 Å². The fraction of sp³-hybridized carbons (Fsp3) is 0.381. The third kappa shape index (κ3) is 5.44. The molecule has 0 saturated heterocycles. The van der Waals surface area contributed by atoms with Crippen LogP contribution >= 0.6 is 11.6 Å². The summed E-state index contributed by atoms with van der Waals surface area (Å²) < 4.78 is 38.8. The monoisotopic (exact) mass is 452 g/mol. The molecule has 0 unspecified atom stereocenters. The van der Waals surface area contributed by atoms with Crippen LogP contribution in [-0.2, 0) is 21.2 Å². The number of ether oxygens (including phenoxy) is 2. The van der Waals surface area contributed by atoms with Crippen molar-refractivity contribution >= 4 is 27.5 Å². The van der Waals surface area contributed by atoms with Gasteiger partial charge in [-0.15, -0.1) is 0 Å². The summed E-state index contributed by atoms with van der Waals surface area (Å²) in [6, 6.07) is 10.7. The molecule has 162 valence electrons. The van der Waals surface area contributed by atoms with E-state index < -0.39 is 16.1 Å². The van der Waals surface area contributed by atoms with Gasteiger partial charge in [0.2, 0.25) is 15.9 Å². The summed E-state index contributed by atoms with van der Waals surface area (Å²) in [5, 5.41) is 3.27. The van der Waals surface area contributed by atoms with Crippen molar-refractivity contribution in [3.05, 3.63) is 53.1 Å². The number of carbonyl (C=O) groups excluding carboxylic acids is 1. The SMILES string of the molecule is CC(C)[C@H](NS(=O)(=O)c1ccccc1)C(=O)NCCc1cc(Cl)c2c(c1)OCCO2. The molecule has 3 rings (SSSR count). The van der Waals surface area contributed by atoms with Crippen molar-refractivity contribution in [2.24, 2.45) is 5.92 Å². The van der Waals surface area contributed by atoms with Gasteiger partial charge < -0.3 is 14.8 Å². The first-order chi connectivity index (χ1) is 14.3. The van der Waals surface area contributed by atoms with Crippen LogP contribution in [0.1, 0.15) is 19.4 Å². The highest BCUT2D eigenvalue weighted by Gasteiger charge is 2.28. The molecule has 1 atom stereocenters. The minimum Gasteiger partial charge on any atom is -0.486 e. The van der Waals surface area contributed by atoms with Crippen molar-refractivity contribution in [1.29, 1.82) is 0 Å². The molecule has 0 bridgehead atoms. The molecule has 1 amide bonds. The molecule has 30 heavy (non-hydrogen) atoms. The minimum absolute atomic E-state index is 0.120. The lowest BCUT2D eigenvalue weighted by molar-refractivity contribution is -0.123. The van der Waals surface area contributed by atoms with Crippen molar-refractivity contribution in [1.82, 2.24) is 10.0 Å². The Bertz CT molecular complexity index is 996. The first-order valence-electron chi connectivity index (χ1n) is 9.71. The molecule has 0 aromatic heterocycles. The summed E-state index contributed by atoms with van der Waals surface area (Å²) in [6.45, 7) is 4.82. The normalized spacial score (nSPS) is 14.4. The number of rotatable bonds is 8. The summed E-state index contributed by atoms with van der Waals surface area (Å²) in [4.78, 5) is 12.8. The maximum absolute atomic E-state index is 12.7. The highest BCUT2D eigenvalue weighted by atomic mass is 35.5. The molecule has 2 aromatic rings. The standard InChI is InChI=1S/C21H25ClN2O5S/c1-14(2)19(24-30(26,27)16-6-4-3-5-7-16)21(25)23-9-8-15-12-17(22)20-18(13-15)28-10-11-29-20/h3-7,12-14,19,24H,8-11H2,1-2H3,(H,23,25)/t19-/m0/s1. The Labute approximate surface area is 181 Å². The van der Waals surface area contributed by atoms with E-state index in [0.29, 0.717) is 42.7 Å². The first-order valence-corrected chi connectivity index (χ1v) is 11.6. The molecule has 1 aliphatic rings. The lowest BCUT2D eigenvalue weighted by atomic mass is 10.0. The molecule has 9 heteroatoms. The molecule has 1 heterocycles. The molecule has 0 aliphatic carbocycles. The number of hydrogen-bond acceptors (Lipinski definition) is 5. The summed E-state index contributed by atoms with van der Waals surface area (Å²) in [7, 11) is -3.80. The summed E-state index contributed by atoms with van der Waals surface area (Å²) in [5.74, 6) is 0.511. The largest absolute Gasteiger partial charge is 0.486 e. The van der Waals surface area contributed by atoms with Gasteiger partial charge in [-0.1, -0.05) is 43.6 Å². The van der Waals surface area contributed by atoms with Gasteiger partial charge in [0.1, 0.15) is 19.3 Å². The fourth-order valence-corrected chi connectivity index (χ4v) is 4.73. The number of carbonyl (C=O) groups is 1. The van der Waals surface area contributed by atoms with E-state index in [1.807, 2.05) is 6.07 Å². The lowest BCUT2D eigenvalue weighted by Gasteiger charge is -2.22. The van der Waals surface area contributed by atoms with Crippen LogP contribution in [0.25, 0.3) is 0 Å². The number of fused-ring (bicyclic) bond motifs is 1. The average molecular weight is 453 g/mol. The molecule has 7 nitrogen and oxygen atoms in total. The first kappa shape index (κ1) is 22.4. The van der Waals surface area contributed by atoms with Crippen LogP contribution < -0.4 is 19.5 Å². The maximum Gasteiger partial charge on any atom is 0.241 e. The van der Waals surface area contributed by atoms with Crippen molar-refractivity contribution < 1.29 is 22.7 Å². The van der Waals surface area contributed by atoms with Gasteiger partial charge in [-0.25, -0.2) is 8.42 Å². The van der Waals surface area contributed by atoms with Gasteiger partial charge in [-0.3, -0.25) is 4.79 Å². The topological polar surface area (TPSA) is 93.7 Å². The molecule has 0 radical (unpaired) electrons. The second-order valence-corrected chi connectivity index (χ2v) is 9.42. The van der Waals surface area contributed by atoms with Gasteiger partial charge in [-0.2, -0.15) is 4.72 Å². The van der Waals surface area contributed by atoms with E-state index in [4.69, 9.17) is 21.1 Å². The minimum atomic E-state index is -3.80. The number of amides is 1. The van der Waals surface area contributed by atoms with Gasteiger partial charge in [-0.05, 0) is 42.2 Å². The van der Waals surface area contributed by atoms with Crippen molar-refractivity contribution in [3.8, 4) is 11.5 Å². The van der Waals surface area contributed by atoms with Crippen molar-refractivity contribution in [2.45, 2.75) is 31.2 Å². The van der Waals surface area contributed by atoms with Gasteiger partial charge >= 0.3 is 0 Å². The van der Waals surface area contributed by atoms with Crippen LogP contribution in [0.4, 0.5) is 0 Å². The smallest absolute Gasteiger partial charge is 0.241 e. The van der Waals surface area contributed by atoms with Gasteiger partial charge in [0.15, 0.2) is 11.5 Å². The molecule has 0 saturated carbocycles. The highest BCUT2D eigenvalue weighted by molar-refractivity contribution is 7.89. The highest BCUT2D eigenvalue weighted by Crippen LogP contribution is 2.38. The van der Waals surface area contributed by atoms with Crippen LogP contribution in [0, 0.1) is 5.92 Å². The van der Waals surface area contributed by atoms with Crippen molar-refractivity contribution in [3.63, 3.8) is 0 Å². The summed E-state index contributed by atoms with van der Waals surface area (Å²) >= 11 is 6.24. The molecule has 0 spiro atoms. The van der Waals surface area contributed by atoms with Gasteiger partial charge in [0.25, 0.3) is 0 Å². The quantitative estimate of drug-likeness (QED) is 0.642. The van der Waals surface area contributed by atoms with E-state index in [2.05, 4.69) is 10.0 Å². The Morgan fingerprint density at radius 2 is 1.83 bits per heavy atom. The van der Waals surface area contributed by atoms with Crippen LogP contribution in [-0.4, -0.2) is 40.1 Å². The number of sulfonamides is 1. The zero-order valence-corrected chi connectivity index (χ0v) is 18.4. The molecule has 1 aliphatic heterocycles. The fourth-order valence-electron chi connectivity index (χ4n) is 3.08. The number of nitrogens with one attached hydrogen (secondary N) is 2. The second-order valence-electron chi connectivity index (χ2n) is 7.30. The molecule has 2 aromatic carbocycles. The Kier molecular flexibility index (Phi) is 7.23. The number of halogens is 1. The zero-order valence-electron chi connectivity index (χ0n) is 16.9. The molecular formula is C21H25ClN2O5S. The van der Waals surface area contributed by atoms with E-state index in [9.17, 15) is 13.2 Å². The molecule has 2 N–H and O–H groups in total. The van der Waals surface area contributed by atoms with E-state index >= 15 is 0 Å². The predicted octanol–water partition coefficient (Wildman–Crippen LogP) is 2.77. The second kappa shape index (κ2) is 9.68. The predicted molar refractivity (Wildman–Crippen MR) is 115 cm³/mol. The van der Waals surface area contributed by atoms with Gasteiger partial charge in [0, 0.05) is 6.54 Å². The van der Waals surface area contributed by atoms with E-state index in [0.717, 1.165) is 5.56 Å². The molecule has 0 fully saturated rings.